The molecule has 1 rings (SSSR count). The SMILES string of the molecule is CC[N+](CC)(CC)CC.O=S(=O)(O)c1ccc(Br)cc1. The monoisotopic (exact) mass is 366 g/mol. The van der Waals surface area contributed by atoms with E-state index in [0.29, 0.717) is 0 Å². The van der Waals surface area contributed by atoms with Crippen LogP contribution < -0.4 is 0 Å². The molecule has 0 radical (unpaired) electrons. The number of nitrogens with zero attached hydrogens (tertiary/aromatic N) is 1. The molecule has 0 aliphatic rings. The lowest BCUT2D eigenvalue weighted by Gasteiger charge is -2.34. The zero-order valence-corrected chi connectivity index (χ0v) is 15.0. The van der Waals surface area contributed by atoms with Gasteiger partial charge in [0.2, 0.25) is 0 Å². The summed E-state index contributed by atoms with van der Waals surface area (Å²) in [6, 6.07) is 5.73. The van der Waals surface area contributed by atoms with Gasteiger partial charge < -0.3 is 4.48 Å². The van der Waals surface area contributed by atoms with Gasteiger partial charge in [-0.15, -0.1) is 0 Å². The second-order valence-electron chi connectivity index (χ2n) is 4.54. The first-order chi connectivity index (χ1) is 9.24. The summed E-state index contributed by atoms with van der Waals surface area (Å²) in [7, 11) is -4.04. The molecular formula is C14H25BrNO3S+. The van der Waals surface area contributed by atoms with E-state index in [2.05, 4.69) is 43.6 Å². The molecule has 6 heteroatoms. The Morgan fingerprint density at radius 1 is 0.950 bits per heavy atom. The van der Waals surface area contributed by atoms with Crippen LogP contribution in [0.25, 0.3) is 0 Å². The number of quaternary nitrogens is 1. The average Bonchev–Trinajstić information content (AvgIpc) is 2.42. The Morgan fingerprint density at radius 3 is 1.50 bits per heavy atom. The van der Waals surface area contributed by atoms with Crippen LogP contribution in [0, 0.1) is 0 Å². The van der Waals surface area contributed by atoms with Gasteiger partial charge >= 0.3 is 0 Å². The maximum absolute atomic E-state index is 10.5. The van der Waals surface area contributed by atoms with Gasteiger partial charge in [-0.05, 0) is 52.0 Å². The first-order valence-electron chi connectivity index (χ1n) is 6.82. The van der Waals surface area contributed by atoms with Crippen molar-refractivity contribution in [2.45, 2.75) is 32.6 Å². The fourth-order valence-electron chi connectivity index (χ4n) is 1.95. The minimum Gasteiger partial charge on any atom is -0.325 e. The summed E-state index contributed by atoms with van der Waals surface area (Å²) >= 11 is 3.14. The van der Waals surface area contributed by atoms with Crippen molar-refractivity contribution in [2.75, 3.05) is 26.2 Å². The maximum Gasteiger partial charge on any atom is 0.294 e. The minimum absolute atomic E-state index is 0.0966. The first kappa shape index (κ1) is 19.6. The zero-order valence-electron chi connectivity index (χ0n) is 12.6. The van der Waals surface area contributed by atoms with Crippen LogP contribution in [0.4, 0.5) is 0 Å². The summed E-state index contributed by atoms with van der Waals surface area (Å²) in [6.07, 6.45) is 0. The van der Waals surface area contributed by atoms with Crippen molar-refractivity contribution < 1.29 is 17.5 Å². The highest BCUT2D eigenvalue weighted by Crippen LogP contribution is 2.13. The highest BCUT2D eigenvalue weighted by molar-refractivity contribution is 9.10. The van der Waals surface area contributed by atoms with E-state index in [9.17, 15) is 8.42 Å². The lowest BCUT2D eigenvalue weighted by molar-refractivity contribution is -0.921. The van der Waals surface area contributed by atoms with Gasteiger partial charge in [-0.25, -0.2) is 0 Å². The lowest BCUT2D eigenvalue weighted by Crippen LogP contribution is -2.47. The highest BCUT2D eigenvalue weighted by Gasteiger charge is 2.16. The third-order valence-corrected chi connectivity index (χ3v) is 5.19. The minimum atomic E-state index is -4.04. The van der Waals surface area contributed by atoms with Crippen LogP contribution in [0.5, 0.6) is 0 Å². The second kappa shape index (κ2) is 8.77. The molecule has 0 saturated carbocycles. The molecule has 1 aromatic carbocycles. The van der Waals surface area contributed by atoms with Gasteiger partial charge in [-0.1, -0.05) is 15.9 Å². The molecular weight excluding hydrogens is 342 g/mol. The van der Waals surface area contributed by atoms with Crippen molar-refractivity contribution in [3.8, 4) is 0 Å². The van der Waals surface area contributed by atoms with E-state index in [-0.39, 0.29) is 4.90 Å². The lowest BCUT2D eigenvalue weighted by atomic mass is 10.3. The van der Waals surface area contributed by atoms with Crippen LogP contribution in [0.3, 0.4) is 0 Å². The summed E-state index contributed by atoms with van der Waals surface area (Å²) in [5.41, 5.74) is 0. The molecule has 0 aliphatic heterocycles. The average molecular weight is 367 g/mol. The molecule has 0 unspecified atom stereocenters. The normalized spacial score (nSPS) is 11.7. The number of hydrogen-bond donors (Lipinski definition) is 1. The largest absolute Gasteiger partial charge is 0.325 e. The Morgan fingerprint density at radius 2 is 1.30 bits per heavy atom. The summed E-state index contributed by atoms with van der Waals surface area (Å²) < 4.78 is 31.6. The Hall–Kier alpha value is -0.430. The van der Waals surface area contributed by atoms with Crippen molar-refractivity contribution in [3.05, 3.63) is 28.7 Å². The van der Waals surface area contributed by atoms with Gasteiger partial charge in [0.25, 0.3) is 10.1 Å². The van der Waals surface area contributed by atoms with E-state index in [0.717, 1.165) is 4.47 Å². The molecule has 0 heterocycles. The Bertz CT molecular complexity index is 464. The van der Waals surface area contributed by atoms with Crippen molar-refractivity contribution in [1.82, 2.24) is 0 Å². The van der Waals surface area contributed by atoms with Gasteiger partial charge in [0.1, 0.15) is 0 Å². The first-order valence-corrected chi connectivity index (χ1v) is 9.06. The van der Waals surface area contributed by atoms with Crippen LogP contribution in [0.1, 0.15) is 27.7 Å². The molecule has 20 heavy (non-hydrogen) atoms. The smallest absolute Gasteiger partial charge is 0.294 e. The van der Waals surface area contributed by atoms with E-state index in [1.54, 1.807) is 12.1 Å². The molecule has 1 aromatic rings. The number of halogens is 1. The Balaban J connectivity index is 0.000000370. The topological polar surface area (TPSA) is 54.4 Å². The van der Waals surface area contributed by atoms with Crippen molar-refractivity contribution >= 4 is 26.0 Å². The van der Waals surface area contributed by atoms with Crippen molar-refractivity contribution in [1.29, 1.82) is 0 Å². The zero-order chi connectivity index (χ0) is 15.8. The van der Waals surface area contributed by atoms with E-state index in [4.69, 9.17) is 4.55 Å². The van der Waals surface area contributed by atoms with E-state index in [1.807, 2.05) is 0 Å². The predicted octanol–water partition coefficient (Wildman–Crippen LogP) is 3.58. The van der Waals surface area contributed by atoms with Crippen LogP contribution in [-0.4, -0.2) is 43.6 Å². The second-order valence-corrected chi connectivity index (χ2v) is 6.87. The molecule has 0 bridgehead atoms. The summed E-state index contributed by atoms with van der Waals surface area (Å²) in [6.45, 7) is 14.2. The molecule has 0 fully saturated rings. The molecule has 0 atom stereocenters. The molecule has 0 saturated heterocycles. The van der Waals surface area contributed by atoms with E-state index < -0.39 is 10.1 Å². The van der Waals surface area contributed by atoms with Crippen molar-refractivity contribution in [2.24, 2.45) is 0 Å². The van der Waals surface area contributed by atoms with E-state index >= 15 is 0 Å². The van der Waals surface area contributed by atoms with Crippen LogP contribution >= 0.6 is 15.9 Å². The molecule has 1 N–H and O–H groups in total. The van der Waals surface area contributed by atoms with Gasteiger partial charge in [-0.2, -0.15) is 8.42 Å². The van der Waals surface area contributed by atoms with E-state index in [1.165, 1.54) is 42.8 Å². The van der Waals surface area contributed by atoms with Gasteiger partial charge in [0.05, 0.1) is 31.1 Å². The highest BCUT2D eigenvalue weighted by atomic mass is 79.9. The van der Waals surface area contributed by atoms with Crippen LogP contribution in [0.15, 0.2) is 33.6 Å². The maximum atomic E-state index is 10.5. The fourth-order valence-corrected chi connectivity index (χ4v) is 2.69. The third kappa shape index (κ3) is 6.35. The van der Waals surface area contributed by atoms with Crippen LogP contribution in [0.2, 0.25) is 0 Å². The molecule has 0 aliphatic carbocycles. The van der Waals surface area contributed by atoms with Gasteiger partial charge in [0.15, 0.2) is 0 Å². The molecule has 4 nitrogen and oxygen atoms in total. The Kier molecular flexibility index (Phi) is 8.58. The van der Waals surface area contributed by atoms with Crippen LogP contribution in [-0.2, 0) is 10.1 Å². The Labute approximate surface area is 131 Å². The quantitative estimate of drug-likeness (QED) is 0.639. The fraction of sp³-hybridized carbons (Fsp3) is 0.571. The third-order valence-electron chi connectivity index (χ3n) is 3.79. The standard InChI is InChI=1S/C8H20N.C6H5BrO3S/c1-5-9(6-2,7-3)8-4;7-5-1-3-6(4-2-5)11(8,9)10/h5-8H2,1-4H3;1-4H,(H,8,9,10)/q+1;. The van der Waals surface area contributed by atoms with Crippen molar-refractivity contribution in [3.63, 3.8) is 0 Å². The predicted molar refractivity (Wildman–Crippen MR) is 86.4 cm³/mol. The molecule has 0 spiro atoms. The summed E-state index contributed by atoms with van der Waals surface area (Å²) in [5, 5.41) is 0. The summed E-state index contributed by atoms with van der Waals surface area (Å²) in [4.78, 5) is -0.0966. The summed E-state index contributed by atoms with van der Waals surface area (Å²) in [5.74, 6) is 0. The molecule has 0 amide bonds. The number of benzene rings is 1. The van der Waals surface area contributed by atoms with Gasteiger partial charge in [0, 0.05) is 4.47 Å². The number of hydrogen-bond acceptors (Lipinski definition) is 2. The molecule has 116 valence electrons. The van der Waals surface area contributed by atoms with Gasteiger partial charge in [-0.3, -0.25) is 4.55 Å². The number of rotatable bonds is 5. The molecule has 0 aromatic heterocycles.